The summed E-state index contributed by atoms with van der Waals surface area (Å²) in [5.41, 5.74) is 4.44. The van der Waals surface area contributed by atoms with E-state index in [0.717, 1.165) is 37.4 Å². The molecule has 1 N–H and O–H groups in total. The van der Waals surface area contributed by atoms with E-state index in [1.165, 1.54) is 14.2 Å². The lowest BCUT2D eigenvalue weighted by molar-refractivity contribution is 0.0994. The summed E-state index contributed by atoms with van der Waals surface area (Å²) >= 11 is 13.4. The molecule has 0 radical (unpaired) electrons. The van der Waals surface area contributed by atoms with Crippen molar-refractivity contribution in [1.29, 1.82) is 0 Å². The molecule has 0 aliphatic carbocycles. The average molecular weight is 581 g/mol. The first-order valence-corrected chi connectivity index (χ1v) is 13.7. The molecule has 5 rings (SSSR count). The van der Waals surface area contributed by atoms with Gasteiger partial charge in [0.15, 0.2) is 5.78 Å². The topological polar surface area (TPSA) is 89.5 Å². The maximum absolute atomic E-state index is 13.5. The van der Waals surface area contributed by atoms with Gasteiger partial charge in [-0.1, -0.05) is 35.3 Å². The van der Waals surface area contributed by atoms with Gasteiger partial charge in [-0.2, -0.15) is 0 Å². The Bertz CT molecular complexity index is 1530. The summed E-state index contributed by atoms with van der Waals surface area (Å²) in [5.74, 6) is 0.731. The Balaban J connectivity index is 1.42. The Kier molecular flexibility index (Phi) is 8.24. The molecular formula is C30H31Cl2N5O3. The Morgan fingerprint density at radius 3 is 2.33 bits per heavy atom. The molecule has 8 nitrogen and oxygen atoms in total. The lowest BCUT2D eigenvalue weighted by Crippen LogP contribution is -2.56. The average Bonchev–Trinajstić information content (AvgIpc) is 2.94. The third-order valence-electron chi connectivity index (χ3n) is 7.06. The molecule has 0 unspecified atom stereocenters. The number of halogens is 2. The van der Waals surface area contributed by atoms with Gasteiger partial charge in [-0.25, -0.2) is 0 Å². The maximum atomic E-state index is 13.5. The van der Waals surface area contributed by atoms with Crippen LogP contribution in [0, 0.1) is 0 Å². The SMILES string of the molecule is COc1cc(OC)c(Cl)c(-c2ccc(C(=O)Cc3ccc(CN4CCNC(C)(C)C4)nc3)c3nccnc23)c1Cl. The number of carbonyl (C=O) groups is 1. The number of ketones is 1. The summed E-state index contributed by atoms with van der Waals surface area (Å²) in [6.07, 6.45) is 5.10. The molecule has 1 fully saturated rings. The first-order valence-electron chi connectivity index (χ1n) is 13.0. The number of hydrogen-bond donors (Lipinski definition) is 1. The molecule has 1 aliphatic heterocycles. The second-order valence-corrected chi connectivity index (χ2v) is 11.2. The first kappa shape index (κ1) is 28.2. The van der Waals surface area contributed by atoms with Crippen molar-refractivity contribution >= 4 is 40.0 Å². The molecule has 0 atom stereocenters. The largest absolute Gasteiger partial charge is 0.495 e. The van der Waals surface area contributed by atoms with Gasteiger partial charge in [-0.15, -0.1) is 0 Å². The Morgan fingerprint density at radius 2 is 1.70 bits per heavy atom. The van der Waals surface area contributed by atoms with Crippen molar-refractivity contribution in [3.63, 3.8) is 0 Å². The molecule has 3 heterocycles. The van der Waals surface area contributed by atoms with Crippen LogP contribution in [0.3, 0.4) is 0 Å². The zero-order valence-corrected chi connectivity index (χ0v) is 24.4. The number of rotatable bonds is 8. The number of hydrogen-bond acceptors (Lipinski definition) is 8. The summed E-state index contributed by atoms with van der Waals surface area (Å²) in [7, 11) is 3.04. The van der Waals surface area contributed by atoms with E-state index in [4.69, 9.17) is 32.7 Å². The number of fused-ring (bicyclic) bond motifs is 1. The monoisotopic (exact) mass is 579 g/mol. The highest BCUT2D eigenvalue weighted by atomic mass is 35.5. The molecule has 0 spiro atoms. The van der Waals surface area contributed by atoms with Gasteiger partial charge in [-0.3, -0.25) is 24.6 Å². The number of aromatic nitrogens is 3. The molecule has 208 valence electrons. The van der Waals surface area contributed by atoms with Gasteiger partial charge in [0.1, 0.15) is 17.0 Å². The number of Topliss-reactive ketones (excluding diaryl/α,β-unsaturated/α-hetero) is 1. The van der Waals surface area contributed by atoms with E-state index in [1.807, 2.05) is 12.1 Å². The molecule has 40 heavy (non-hydrogen) atoms. The van der Waals surface area contributed by atoms with Crippen LogP contribution in [0.4, 0.5) is 0 Å². The lowest BCUT2D eigenvalue weighted by atomic mass is 9.96. The van der Waals surface area contributed by atoms with E-state index in [1.54, 1.807) is 36.8 Å². The molecule has 0 saturated carbocycles. The molecule has 4 aromatic rings. The normalized spacial score (nSPS) is 15.2. The van der Waals surface area contributed by atoms with Crippen LogP contribution in [0.1, 0.15) is 35.5 Å². The second kappa shape index (κ2) is 11.7. The van der Waals surface area contributed by atoms with Gasteiger partial charge in [0.25, 0.3) is 0 Å². The van der Waals surface area contributed by atoms with Crippen molar-refractivity contribution in [2.45, 2.75) is 32.4 Å². The molecule has 0 amide bonds. The van der Waals surface area contributed by atoms with Gasteiger partial charge in [0, 0.05) is 79.5 Å². The Morgan fingerprint density at radius 1 is 1.00 bits per heavy atom. The van der Waals surface area contributed by atoms with E-state index in [-0.39, 0.29) is 17.7 Å². The van der Waals surface area contributed by atoms with Crippen LogP contribution >= 0.6 is 23.2 Å². The molecule has 1 saturated heterocycles. The summed E-state index contributed by atoms with van der Waals surface area (Å²) in [6, 6.07) is 9.12. The molecule has 0 bridgehead atoms. The molecule has 2 aromatic heterocycles. The van der Waals surface area contributed by atoms with Gasteiger partial charge < -0.3 is 14.8 Å². The molecular weight excluding hydrogens is 549 g/mol. The van der Waals surface area contributed by atoms with Crippen molar-refractivity contribution in [2.24, 2.45) is 0 Å². The summed E-state index contributed by atoms with van der Waals surface area (Å²) in [6.45, 7) is 8.09. The zero-order chi connectivity index (χ0) is 28.4. The highest BCUT2D eigenvalue weighted by molar-refractivity contribution is 6.41. The minimum atomic E-state index is -0.0872. The highest BCUT2D eigenvalue weighted by Crippen LogP contribution is 2.47. The number of methoxy groups -OCH3 is 2. The number of nitrogens with zero attached hydrogens (tertiary/aromatic N) is 4. The van der Waals surface area contributed by atoms with Gasteiger partial charge >= 0.3 is 0 Å². The van der Waals surface area contributed by atoms with Gasteiger partial charge in [0.05, 0.1) is 35.5 Å². The third-order valence-corrected chi connectivity index (χ3v) is 7.81. The predicted molar refractivity (Wildman–Crippen MR) is 158 cm³/mol. The fraction of sp³-hybridized carbons (Fsp3) is 0.333. The van der Waals surface area contributed by atoms with E-state index < -0.39 is 0 Å². The standard InChI is InChI=1S/C30H31Cl2N5O3/c1-30(2)17-37(12-11-36-30)16-19-6-5-18(15-35-19)13-22(38)20-7-8-21(29-28(20)33-9-10-34-29)25-26(31)23(39-3)14-24(40-4)27(25)32/h5-10,14-15,36H,11-13,16-17H2,1-4H3. The van der Waals surface area contributed by atoms with Crippen molar-refractivity contribution in [3.05, 3.63) is 75.8 Å². The summed E-state index contributed by atoms with van der Waals surface area (Å²) < 4.78 is 10.9. The summed E-state index contributed by atoms with van der Waals surface area (Å²) in [5, 5.41) is 4.16. The predicted octanol–water partition coefficient (Wildman–Crippen LogP) is 5.63. The lowest BCUT2D eigenvalue weighted by Gasteiger charge is -2.39. The summed E-state index contributed by atoms with van der Waals surface area (Å²) in [4.78, 5) is 29.6. The van der Waals surface area contributed by atoms with Crippen LogP contribution in [0.25, 0.3) is 22.2 Å². The van der Waals surface area contributed by atoms with E-state index >= 15 is 0 Å². The van der Waals surface area contributed by atoms with Crippen molar-refractivity contribution in [2.75, 3.05) is 33.9 Å². The quantitative estimate of drug-likeness (QED) is 0.269. The van der Waals surface area contributed by atoms with E-state index in [2.05, 4.69) is 39.0 Å². The van der Waals surface area contributed by atoms with Crippen molar-refractivity contribution in [1.82, 2.24) is 25.2 Å². The van der Waals surface area contributed by atoms with Crippen molar-refractivity contribution in [3.8, 4) is 22.6 Å². The van der Waals surface area contributed by atoms with Gasteiger partial charge in [0.2, 0.25) is 0 Å². The minimum absolute atomic E-state index is 0.0845. The zero-order valence-electron chi connectivity index (χ0n) is 22.9. The van der Waals surface area contributed by atoms with Crippen LogP contribution in [-0.2, 0) is 13.0 Å². The number of piperazine rings is 1. The van der Waals surface area contributed by atoms with Crippen LogP contribution in [0.5, 0.6) is 11.5 Å². The second-order valence-electron chi connectivity index (χ2n) is 10.5. The van der Waals surface area contributed by atoms with Gasteiger partial charge in [-0.05, 0) is 31.5 Å². The van der Waals surface area contributed by atoms with Crippen LogP contribution < -0.4 is 14.8 Å². The number of nitrogens with one attached hydrogen (secondary N) is 1. The van der Waals surface area contributed by atoms with Crippen LogP contribution in [0.2, 0.25) is 10.0 Å². The smallest absolute Gasteiger partial charge is 0.169 e. The Hall–Kier alpha value is -3.30. The van der Waals surface area contributed by atoms with Crippen LogP contribution in [-0.4, -0.2) is 65.0 Å². The number of ether oxygens (including phenoxy) is 2. The number of benzene rings is 2. The highest BCUT2D eigenvalue weighted by Gasteiger charge is 2.26. The fourth-order valence-electron chi connectivity index (χ4n) is 5.15. The fourth-order valence-corrected chi connectivity index (χ4v) is 5.85. The number of pyridine rings is 1. The van der Waals surface area contributed by atoms with E-state index in [0.29, 0.717) is 49.3 Å². The molecule has 10 heteroatoms. The first-order chi connectivity index (χ1) is 19.2. The maximum Gasteiger partial charge on any atom is 0.169 e. The third kappa shape index (κ3) is 5.76. The minimum Gasteiger partial charge on any atom is -0.495 e. The van der Waals surface area contributed by atoms with Crippen LogP contribution in [0.15, 0.2) is 48.9 Å². The molecule has 2 aromatic carbocycles. The number of carbonyl (C=O) groups excluding carboxylic acids is 1. The van der Waals surface area contributed by atoms with Crippen molar-refractivity contribution < 1.29 is 14.3 Å². The van der Waals surface area contributed by atoms with E-state index in [9.17, 15) is 4.79 Å². The molecule has 1 aliphatic rings. The Labute approximate surface area is 243 Å².